The Hall–Kier alpha value is -0.970. The average Bonchev–Trinajstić information content (AvgIpc) is 2.31. The number of hydrogen-bond donors (Lipinski definition) is 1. The predicted molar refractivity (Wildman–Crippen MR) is 65.0 cm³/mol. The van der Waals surface area contributed by atoms with Crippen LogP contribution < -0.4 is 5.73 Å². The Morgan fingerprint density at radius 1 is 1.47 bits per heavy atom. The lowest BCUT2D eigenvalue weighted by molar-refractivity contribution is -0.0212. The van der Waals surface area contributed by atoms with Crippen molar-refractivity contribution in [1.82, 2.24) is 4.90 Å². The highest BCUT2D eigenvalue weighted by Crippen LogP contribution is 2.15. The molecule has 0 saturated carbocycles. The Balaban J connectivity index is 2.07. The van der Waals surface area contributed by atoms with E-state index in [1.165, 1.54) is 12.1 Å². The van der Waals surface area contributed by atoms with E-state index in [0.717, 1.165) is 37.4 Å². The van der Waals surface area contributed by atoms with E-state index in [1.807, 2.05) is 6.07 Å². The van der Waals surface area contributed by atoms with Gasteiger partial charge in [0.25, 0.3) is 0 Å². The van der Waals surface area contributed by atoms with E-state index in [-0.39, 0.29) is 11.9 Å². The van der Waals surface area contributed by atoms with Gasteiger partial charge in [-0.05, 0) is 30.2 Å². The van der Waals surface area contributed by atoms with Crippen LogP contribution in [-0.4, -0.2) is 30.7 Å². The molecule has 0 amide bonds. The van der Waals surface area contributed by atoms with Crippen LogP contribution in [-0.2, 0) is 17.8 Å². The van der Waals surface area contributed by atoms with Crippen LogP contribution in [0.25, 0.3) is 0 Å². The molecule has 2 rings (SSSR count). The van der Waals surface area contributed by atoms with Crippen molar-refractivity contribution in [2.75, 3.05) is 19.7 Å². The second kappa shape index (κ2) is 5.58. The lowest BCUT2D eigenvalue weighted by atomic mass is 10.1. The third-order valence-corrected chi connectivity index (χ3v) is 3.11. The maximum absolute atomic E-state index is 13.1. The molecular weight excluding hydrogens is 219 g/mol. The van der Waals surface area contributed by atoms with Gasteiger partial charge in [-0.2, -0.15) is 0 Å². The highest BCUT2D eigenvalue weighted by Gasteiger charge is 2.17. The first-order valence-corrected chi connectivity index (χ1v) is 6.00. The topological polar surface area (TPSA) is 38.5 Å². The molecule has 1 aliphatic rings. The number of morpholine rings is 1. The molecule has 1 aliphatic heterocycles. The molecule has 1 aromatic rings. The van der Waals surface area contributed by atoms with Crippen LogP contribution in [0, 0.1) is 5.82 Å². The normalized spacial score (nSPS) is 21.7. The summed E-state index contributed by atoms with van der Waals surface area (Å²) < 4.78 is 18.6. The highest BCUT2D eigenvalue weighted by atomic mass is 19.1. The molecule has 0 bridgehead atoms. The molecule has 3 nitrogen and oxygen atoms in total. The van der Waals surface area contributed by atoms with Crippen LogP contribution in [0.1, 0.15) is 18.1 Å². The number of benzene rings is 1. The Bertz CT molecular complexity index is 384. The number of ether oxygens (including phenoxy) is 1. The number of nitrogens with zero attached hydrogens (tertiary/aromatic N) is 1. The summed E-state index contributed by atoms with van der Waals surface area (Å²) in [5, 5.41) is 0. The number of nitrogens with two attached hydrogens (primary N) is 1. The summed E-state index contributed by atoms with van der Waals surface area (Å²) in [7, 11) is 0. The number of hydrogen-bond acceptors (Lipinski definition) is 3. The Morgan fingerprint density at radius 3 is 3.00 bits per heavy atom. The third-order valence-electron chi connectivity index (χ3n) is 3.11. The zero-order valence-corrected chi connectivity index (χ0v) is 10.2. The third kappa shape index (κ3) is 3.25. The van der Waals surface area contributed by atoms with Crippen molar-refractivity contribution in [3.8, 4) is 0 Å². The number of halogens is 1. The zero-order chi connectivity index (χ0) is 12.3. The molecule has 1 fully saturated rings. The lowest BCUT2D eigenvalue weighted by Crippen LogP contribution is -2.40. The highest BCUT2D eigenvalue weighted by molar-refractivity contribution is 5.27. The van der Waals surface area contributed by atoms with Gasteiger partial charge >= 0.3 is 0 Å². The standard InChI is InChI=1S/C13H19FN2O/c1-10-8-16(4-5-17-10)9-11-2-3-13(14)6-12(11)7-15/h2-3,6,10H,4-5,7-9,15H2,1H3. The fourth-order valence-corrected chi connectivity index (χ4v) is 2.21. The van der Waals surface area contributed by atoms with Gasteiger partial charge in [-0.1, -0.05) is 6.07 Å². The molecule has 1 atom stereocenters. The van der Waals surface area contributed by atoms with Gasteiger partial charge in [0.2, 0.25) is 0 Å². The van der Waals surface area contributed by atoms with Crippen molar-refractivity contribution in [1.29, 1.82) is 0 Å². The summed E-state index contributed by atoms with van der Waals surface area (Å²) in [4.78, 5) is 2.32. The largest absolute Gasteiger partial charge is 0.376 e. The van der Waals surface area contributed by atoms with Crippen LogP contribution in [0.4, 0.5) is 4.39 Å². The van der Waals surface area contributed by atoms with Gasteiger partial charge in [-0.15, -0.1) is 0 Å². The minimum Gasteiger partial charge on any atom is -0.376 e. The smallest absolute Gasteiger partial charge is 0.123 e. The molecule has 1 unspecified atom stereocenters. The van der Waals surface area contributed by atoms with E-state index < -0.39 is 0 Å². The van der Waals surface area contributed by atoms with E-state index >= 15 is 0 Å². The second-order valence-electron chi connectivity index (χ2n) is 4.53. The van der Waals surface area contributed by atoms with Crippen molar-refractivity contribution in [2.24, 2.45) is 5.73 Å². The molecule has 0 spiro atoms. The van der Waals surface area contributed by atoms with Crippen LogP contribution in [0.5, 0.6) is 0 Å². The summed E-state index contributed by atoms with van der Waals surface area (Å²) in [6.45, 7) is 5.88. The fraction of sp³-hybridized carbons (Fsp3) is 0.538. The first kappa shape index (κ1) is 12.5. The van der Waals surface area contributed by atoms with Crippen LogP contribution in [0.15, 0.2) is 18.2 Å². The summed E-state index contributed by atoms with van der Waals surface area (Å²) in [5.74, 6) is -0.218. The lowest BCUT2D eigenvalue weighted by Gasteiger charge is -2.31. The molecule has 17 heavy (non-hydrogen) atoms. The summed E-state index contributed by atoms with van der Waals surface area (Å²) in [5.41, 5.74) is 7.65. The maximum atomic E-state index is 13.1. The van der Waals surface area contributed by atoms with E-state index in [0.29, 0.717) is 6.54 Å². The van der Waals surface area contributed by atoms with E-state index in [4.69, 9.17) is 10.5 Å². The van der Waals surface area contributed by atoms with Gasteiger partial charge in [0.05, 0.1) is 12.7 Å². The van der Waals surface area contributed by atoms with Gasteiger partial charge < -0.3 is 10.5 Å². The molecule has 1 aromatic carbocycles. The van der Waals surface area contributed by atoms with Crippen LogP contribution in [0.2, 0.25) is 0 Å². The summed E-state index contributed by atoms with van der Waals surface area (Å²) in [6, 6.07) is 4.86. The SMILES string of the molecule is CC1CN(Cc2ccc(F)cc2CN)CCO1. The molecular formula is C13H19FN2O. The van der Waals surface area contributed by atoms with Crippen molar-refractivity contribution in [3.05, 3.63) is 35.1 Å². The average molecular weight is 238 g/mol. The van der Waals surface area contributed by atoms with E-state index in [2.05, 4.69) is 11.8 Å². The predicted octanol–water partition coefficient (Wildman–Crippen LogP) is 1.51. The molecule has 0 aliphatic carbocycles. The van der Waals surface area contributed by atoms with E-state index in [1.54, 1.807) is 0 Å². The van der Waals surface area contributed by atoms with Crippen molar-refractivity contribution in [2.45, 2.75) is 26.1 Å². The minimum absolute atomic E-state index is 0.218. The van der Waals surface area contributed by atoms with Gasteiger partial charge in [0.1, 0.15) is 5.82 Å². The zero-order valence-electron chi connectivity index (χ0n) is 10.2. The van der Waals surface area contributed by atoms with Crippen LogP contribution in [0.3, 0.4) is 0 Å². The number of rotatable bonds is 3. The molecule has 2 N–H and O–H groups in total. The van der Waals surface area contributed by atoms with Gasteiger partial charge in [-0.25, -0.2) is 4.39 Å². The Kier molecular flexibility index (Phi) is 4.10. The minimum atomic E-state index is -0.218. The summed E-state index contributed by atoms with van der Waals surface area (Å²) >= 11 is 0. The monoisotopic (exact) mass is 238 g/mol. The molecule has 1 saturated heterocycles. The maximum Gasteiger partial charge on any atom is 0.123 e. The van der Waals surface area contributed by atoms with Gasteiger partial charge in [0, 0.05) is 26.2 Å². The molecule has 4 heteroatoms. The van der Waals surface area contributed by atoms with Crippen molar-refractivity contribution >= 4 is 0 Å². The summed E-state index contributed by atoms with van der Waals surface area (Å²) in [6.07, 6.45) is 0.269. The molecule has 1 heterocycles. The van der Waals surface area contributed by atoms with Gasteiger partial charge in [-0.3, -0.25) is 4.90 Å². The second-order valence-corrected chi connectivity index (χ2v) is 4.53. The molecule has 0 radical (unpaired) electrons. The quantitative estimate of drug-likeness (QED) is 0.867. The Morgan fingerprint density at radius 2 is 2.29 bits per heavy atom. The fourth-order valence-electron chi connectivity index (χ4n) is 2.21. The molecule has 0 aromatic heterocycles. The molecule has 94 valence electrons. The van der Waals surface area contributed by atoms with E-state index in [9.17, 15) is 4.39 Å². The van der Waals surface area contributed by atoms with Gasteiger partial charge in [0.15, 0.2) is 0 Å². The first-order valence-electron chi connectivity index (χ1n) is 6.00. The van der Waals surface area contributed by atoms with Crippen molar-refractivity contribution in [3.63, 3.8) is 0 Å². The van der Waals surface area contributed by atoms with Crippen LogP contribution >= 0.6 is 0 Å². The van der Waals surface area contributed by atoms with Crippen molar-refractivity contribution < 1.29 is 9.13 Å². The first-order chi connectivity index (χ1) is 8.19. The Labute approximate surface area is 101 Å².